The fourth-order valence-corrected chi connectivity index (χ4v) is 3.76. The molecule has 8 heteroatoms. The number of piperazine rings is 1. The van der Waals surface area contributed by atoms with Crippen LogP contribution >= 0.6 is 0 Å². The summed E-state index contributed by atoms with van der Waals surface area (Å²) in [4.78, 5) is 21.7. The van der Waals surface area contributed by atoms with Crippen LogP contribution in [0.5, 0.6) is 0 Å². The fraction of sp³-hybridized carbons (Fsp3) is 0.450. The van der Waals surface area contributed by atoms with Gasteiger partial charge < -0.3 is 10.0 Å². The van der Waals surface area contributed by atoms with Gasteiger partial charge in [-0.2, -0.15) is 5.10 Å². The molecule has 0 bridgehead atoms. The van der Waals surface area contributed by atoms with Gasteiger partial charge in [-0.05, 0) is 24.3 Å². The van der Waals surface area contributed by atoms with E-state index in [4.69, 9.17) is 5.11 Å². The minimum absolute atomic E-state index is 0.0734. The second-order valence-electron chi connectivity index (χ2n) is 7.19. The van der Waals surface area contributed by atoms with Gasteiger partial charge in [0, 0.05) is 63.8 Å². The summed E-state index contributed by atoms with van der Waals surface area (Å²) in [6.07, 6.45) is 4.37. The zero-order valence-corrected chi connectivity index (χ0v) is 16.2. The Kier molecular flexibility index (Phi) is 5.40. The molecule has 0 radical (unpaired) electrons. The van der Waals surface area contributed by atoms with Gasteiger partial charge in [0.25, 0.3) is 5.56 Å². The van der Waals surface area contributed by atoms with Gasteiger partial charge in [0.1, 0.15) is 0 Å². The molecule has 8 nitrogen and oxygen atoms in total. The lowest BCUT2D eigenvalue weighted by Gasteiger charge is -2.36. The molecule has 1 fully saturated rings. The number of benzene rings is 1. The Morgan fingerprint density at radius 2 is 1.93 bits per heavy atom. The van der Waals surface area contributed by atoms with Gasteiger partial charge in [-0.3, -0.25) is 18.9 Å². The summed E-state index contributed by atoms with van der Waals surface area (Å²) in [7, 11) is 1.99. The minimum Gasteiger partial charge on any atom is -0.395 e. The zero-order valence-electron chi connectivity index (χ0n) is 16.2. The average molecular weight is 382 g/mol. The van der Waals surface area contributed by atoms with Crippen LogP contribution in [0, 0.1) is 0 Å². The van der Waals surface area contributed by atoms with E-state index in [2.05, 4.69) is 25.9 Å². The normalized spacial score (nSPS) is 15.4. The van der Waals surface area contributed by atoms with Gasteiger partial charge in [0.2, 0.25) is 0 Å². The van der Waals surface area contributed by atoms with Gasteiger partial charge in [-0.15, -0.1) is 0 Å². The van der Waals surface area contributed by atoms with Gasteiger partial charge in [-0.25, -0.2) is 4.98 Å². The quantitative estimate of drug-likeness (QED) is 0.668. The van der Waals surface area contributed by atoms with Crippen molar-refractivity contribution in [1.82, 2.24) is 24.2 Å². The molecule has 148 valence electrons. The first-order valence-electron chi connectivity index (χ1n) is 9.70. The van der Waals surface area contributed by atoms with E-state index >= 15 is 0 Å². The molecule has 4 rings (SSSR count). The summed E-state index contributed by atoms with van der Waals surface area (Å²) in [5, 5.41) is 13.9. The summed E-state index contributed by atoms with van der Waals surface area (Å²) in [6, 6.07) is 7.92. The molecule has 0 atom stereocenters. The number of aromatic nitrogens is 4. The highest BCUT2D eigenvalue weighted by Crippen LogP contribution is 2.20. The molecule has 3 heterocycles. The minimum atomic E-state index is -0.106. The number of rotatable bonds is 6. The summed E-state index contributed by atoms with van der Waals surface area (Å²) in [6.45, 7) is 5.18. The Morgan fingerprint density at radius 1 is 1.11 bits per heavy atom. The second kappa shape index (κ2) is 8.12. The smallest absolute Gasteiger partial charge is 0.261 e. The number of anilines is 1. The molecular formula is C20H26N6O2. The van der Waals surface area contributed by atoms with Crippen LogP contribution in [0.1, 0.15) is 5.69 Å². The van der Waals surface area contributed by atoms with Crippen molar-refractivity contribution in [1.29, 1.82) is 0 Å². The third-order valence-electron chi connectivity index (χ3n) is 5.49. The third-order valence-corrected chi connectivity index (χ3v) is 5.49. The predicted molar refractivity (Wildman–Crippen MR) is 109 cm³/mol. The maximum absolute atomic E-state index is 12.4. The van der Waals surface area contributed by atoms with Crippen molar-refractivity contribution in [2.45, 2.75) is 13.0 Å². The standard InChI is InChI=1S/C20H26N6O2/c1-23-16(4-6-22-23)5-7-24-8-10-25(11-9-24)17-2-3-18-19(14-17)21-15-26(12-13-27)20(18)28/h2-4,6,14-15,27H,5,7-13H2,1H3. The number of nitrogens with zero attached hydrogens (tertiary/aromatic N) is 6. The van der Waals surface area contributed by atoms with Crippen molar-refractivity contribution in [3.63, 3.8) is 0 Å². The van der Waals surface area contributed by atoms with E-state index in [0.29, 0.717) is 10.9 Å². The molecule has 1 saturated heterocycles. The van der Waals surface area contributed by atoms with Crippen LogP contribution in [-0.4, -0.2) is 68.7 Å². The zero-order chi connectivity index (χ0) is 19.5. The average Bonchev–Trinajstić information content (AvgIpc) is 3.13. The molecule has 0 saturated carbocycles. The molecule has 1 aliphatic heterocycles. The van der Waals surface area contributed by atoms with Crippen LogP contribution in [0.2, 0.25) is 0 Å². The van der Waals surface area contributed by atoms with Crippen molar-refractivity contribution >= 4 is 16.6 Å². The number of fused-ring (bicyclic) bond motifs is 1. The monoisotopic (exact) mass is 382 g/mol. The van der Waals surface area contributed by atoms with Crippen molar-refractivity contribution in [2.24, 2.45) is 7.05 Å². The van der Waals surface area contributed by atoms with Crippen molar-refractivity contribution < 1.29 is 5.11 Å². The van der Waals surface area contributed by atoms with Crippen molar-refractivity contribution in [2.75, 3.05) is 44.2 Å². The molecule has 1 aromatic carbocycles. The molecule has 1 N–H and O–H groups in total. The van der Waals surface area contributed by atoms with Crippen LogP contribution in [0.4, 0.5) is 5.69 Å². The highest BCUT2D eigenvalue weighted by Gasteiger charge is 2.18. The number of hydrogen-bond acceptors (Lipinski definition) is 6. The summed E-state index contributed by atoms with van der Waals surface area (Å²) >= 11 is 0. The van der Waals surface area contributed by atoms with E-state index < -0.39 is 0 Å². The van der Waals surface area contributed by atoms with E-state index in [1.807, 2.05) is 36.1 Å². The Bertz CT molecular complexity index is 1000. The van der Waals surface area contributed by atoms with Crippen LogP contribution in [0.3, 0.4) is 0 Å². The van der Waals surface area contributed by atoms with E-state index in [0.717, 1.165) is 44.8 Å². The van der Waals surface area contributed by atoms with Crippen molar-refractivity contribution in [3.8, 4) is 0 Å². The molecule has 1 aliphatic rings. The number of aryl methyl sites for hydroxylation is 1. The molecule has 2 aromatic heterocycles. The van der Waals surface area contributed by atoms with Gasteiger partial charge in [0.15, 0.2) is 0 Å². The van der Waals surface area contributed by atoms with Crippen LogP contribution in [-0.2, 0) is 20.0 Å². The molecule has 0 amide bonds. The molecular weight excluding hydrogens is 356 g/mol. The molecule has 0 unspecified atom stereocenters. The number of hydrogen-bond donors (Lipinski definition) is 1. The summed E-state index contributed by atoms with van der Waals surface area (Å²) < 4.78 is 3.38. The topological polar surface area (TPSA) is 79.4 Å². The largest absolute Gasteiger partial charge is 0.395 e. The fourth-order valence-electron chi connectivity index (χ4n) is 3.76. The highest BCUT2D eigenvalue weighted by molar-refractivity contribution is 5.81. The van der Waals surface area contributed by atoms with E-state index in [1.165, 1.54) is 16.6 Å². The van der Waals surface area contributed by atoms with Gasteiger partial charge in [0.05, 0.1) is 30.4 Å². The first-order valence-corrected chi connectivity index (χ1v) is 9.70. The Hall–Kier alpha value is -2.71. The van der Waals surface area contributed by atoms with Gasteiger partial charge >= 0.3 is 0 Å². The van der Waals surface area contributed by atoms with Crippen LogP contribution in [0.15, 0.2) is 41.6 Å². The summed E-state index contributed by atoms with van der Waals surface area (Å²) in [5.41, 5.74) is 2.96. The lowest BCUT2D eigenvalue weighted by atomic mass is 10.2. The Morgan fingerprint density at radius 3 is 2.64 bits per heavy atom. The number of aliphatic hydroxyl groups is 1. The van der Waals surface area contributed by atoms with E-state index in [-0.39, 0.29) is 18.7 Å². The molecule has 3 aromatic rings. The van der Waals surface area contributed by atoms with E-state index in [1.54, 1.807) is 0 Å². The number of aliphatic hydroxyl groups excluding tert-OH is 1. The maximum atomic E-state index is 12.4. The van der Waals surface area contributed by atoms with Crippen molar-refractivity contribution in [3.05, 3.63) is 52.8 Å². The second-order valence-corrected chi connectivity index (χ2v) is 7.19. The van der Waals surface area contributed by atoms with E-state index in [9.17, 15) is 4.79 Å². The molecule has 0 aliphatic carbocycles. The summed E-state index contributed by atoms with van der Waals surface area (Å²) in [5.74, 6) is 0. The first kappa shape index (κ1) is 18.6. The highest BCUT2D eigenvalue weighted by atomic mass is 16.3. The maximum Gasteiger partial charge on any atom is 0.261 e. The third kappa shape index (κ3) is 3.79. The predicted octanol–water partition coefficient (Wildman–Crippen LogP) is 0.487. The van der Waals surface area contributed by atoms with Crippen LogP contribution in [0.25, 0.3) is 10.9 Å². The lowest BCUT2D eigenvalue weighted by Crippen LogP contribution is -2.47. The lowest BCUT2D eigenvalue weighted by molar-refractivity contribution is 0.259. The van der Waals surface area contributed by atoms with Gasteiger partial charge in [-0.1, -0.05) is 0 Å². The Balaban J connectivity index is 1.40. The molecule has 28 heavy (non-hydrogen) atoms. The van der Waals surface area contributed by atoms with Crippen LogP contribution < -0.4 is 10.5 Å². The SMILES string of the molecule is Cn1nccc1CCN1CCN(c2ccc3c(=O)n(CCO)cnc3c2)CC1. The molecule has 0 spiro atoms. The first-order chi connectivity index (χ1) is 13.7. The Labute approximate surface area is 163 Å².